The topological polar surface area (TPSA) is 88.5 Å². The summed E-state index contributed by atoms with van der Waals surface area (Å²) >= 11 is 0. The van der Waals surface area contributed by atoms with Crippen LogP contribution in [0.2, 0.25) is 0 Å². The maximum absolute atomic E-state index is 11.8. The van der Waals surface area contributed by atoms with Crippen LogP contribution < -0.4 is 5.32 Å². The number of hydrogen-bond donors (Lipinski definition) is 2. The smallest absolute Gasteiger partial charge is 0.338 e. The third-order valence-electron chi connectivity index (χ3n) is 2.48. The molecular weight excluding hydrogens is 236 g/mol. The molecule has 0 atom stereocenters. The first-order chi connectivity index (χ1) is 8.37. The molecule has 18 heavy (non-hydrogen) atoms. The predicted octanol–water partition coefficient (Wildman–Crippen LogP) is 0.935. The molecule has 0 aromatic carbocycles. The average Bonchev–Trinajstić information content (AvgIpc) is 2.36. The summed E-state index contributed by atoms with van der Waals surface area (Å²) in [5.74, 6) is -1.71. The van der Waals surface area contributed by atoms with Crippen molar-refractivity contribution >= 4 is 11.9 Å². The van der Waals surface area contributed by atoms with Gasteiger partial charge in [-0.25, -0.2) is 4.79 Å². The van der Waals surface area contributed by atoms with Gasteiger partial charge in [0.1, 0.15) is 5.69 Å². The molecule has 0 fully saturated rings. The number of carbonyl (C=O) groups excluding carboxylic acids is 1. The molecule has 6 nitrogen and oxygen atoms in total. The second-order valence-corrected chi connectivity index (χ2v) is 4.35. The van der Waals surface area contributed by atoms with Crippen molar-refractivity contribution in [2.24, 2.45) is 0 Å². The number of pyridine rings is 1. The van der Waals surface area contributed by atoms with Gasteiger partial charge in [0, 0.05) is 19.9 Å². The minimum atomic E-state index is -1.18. The van der Waals surface area contributed by atoms with Crippen LogP contribution in [0.4, 0.5) is 0 Å². The van der Waals surface area contributed by atoms with Gasteiger partial charge in [0.2, 0.25) is 0 Å². The van der Waals surface area contributed by atoms with E-state index >= 15 is 0 Å². The van der Waals surface area contributed by atoms with Crippen LogP contribution in [-0.4, -0.2) is 41.2 Å². The molecule has 1 rings (SSSR count). The number of aromatic carboxylic acids is 1. The third kappa shape index (κ3) is 3.53. The summed E-state index contributed by atoms with van der Waals surface area (Å²) < 4.78 is 5.15. The molecule has 6 heteroatoms. The lowest BCUT2D eigenvalue weighted by Gasteiger charge is -2.23. The van der Waals surface area contributed by atoms with Gasteiger partial charge in [0.15, 0.2) is 0 Å². The molecule has 1 amide bonds. The Balaban J connectivity index is 2.82. The lowest BCUT2D eigenvalue weighted by molar-refractivity contribution is 0.0228. The van der Waals surface area contributed by atoms with Gasteiger partial charge < -0.3 is 15.2 Å². The van der Waals surface area contributed by atoms with Crippen LogP contribution in [0, 0.1) is 0 Å². The molecule has 0 bridgehead atoms. The van der Waals surface area contributed by atoms with Crippen molar-refractivity contribution < 1.29 is 19.4 Å². The standard InChI is InChI=1S/C12H16N2O4/c1-12(2,18-3)7-14-10(15)9-8(11(16)17)5-4-6-13-9/h4-6H,7H2,1-3H3,(H,14,15)(H,16,17). The highest BCUT2D eigenvalue weighted by Gasteiger charge is 2.21. The number of hydrogen-bond acceptors (Lipinski definition) is 4. The van der Waals surface area contributed by atoms with Gasteiger partial charge in [-0.2, -0.15) is 0 Å². The van der Waals surface area contributed by atoms with E-state index in [0.717, 1.165) is 0 Å². The quantitative estimate of drug-likeness (QED) is 0.814. The van der Waals surface area contributed by atoms with Crippen LogP contribution in [0.1, 0.15) is 34.7 Å². The summed E-state index contributed by atoms with van der Waals surface area (Å²) in [4.78, 5) is 26.6. The summed E-state index contributed by atoms with van der Waals surface area (Å²) in [6, 6.07) is 2.81. The van der Waals surface area contributed by atoms with Gasteiger partial charge in [-0.05, 0) is 26.0 Å². The lowest BCUT2D eigenvalue weighted by Crippen LogP contribution is -2.40. The fourth-order valence-electron chi connectivity index (χ4n) is 1.21. The summed E-state index contributed by atoms with van der Waals surface area (Å²) in [6.45, 7) is 3.88. The van der Waals surface area contributed by atoms with Crippen molar-refractivity contribution in [3.05, 3.63) is 29.6 Å². The van der Waals surface area contributed by atoms with Crippen LogP contribution in [0.15, 0.2) is 18.3 Å². The van der Waals surface area contributed by atoms with Gasteiger partial charge in [0.05, 0.1) is 11.2 Å². The van der Waals surface area contributed by atoms with Crippen LogP contribution in [0.25, 0.3) is 0 Å². The molecule has 0 aliphatic rings. The van der Waals surface area contributed by atoms with Gasteiger partial charge in [-0.15, -0.1) is 0 Å². The lowest BCUT2D eigenvalue weighted by atomic mass is 10.1. The number of rotatable bonds is 5. The van der Waals surface area contributed by atoms with Crippen LogP contribution in [-0.2, 0) is 4.74 Å². The molecule has 1 aromatic heterocycles. The first-order valence-corrected chi connectivity index (χ1v) is 5.39. The minimum Gasteiger partial charge on any atom is -0.478 e. The molecular formula is C12H16N2O4. The largest absolute Gasteiger partial charge is 0.478 e. The first kappa shape index (κ1) is 14.1. The van der Waals surface area contributed by atoms with Gasteiger partial charge >= 0.3 is 5.97 Å². The van der Waals surface area contributed by atoms with E-state index in [4.69, 9.17) is 9.84 Å². The molecule has 0 unspecified atom stereocenters. The van der Waals surface area contributed by atoms with E-state index in [-0.39, 0.29) is 17.8 Å². The molecule has 0 saturated carbocycles. The Bertz CT molecular complexity index is 457. The Morgan fingerprint density at radius 2 is 2.17 bits per heavy atom. The normalized spacial score (nSPS) is 11.1. The van der Waals surface area contributed by atoms with E-state index in [0.29, 0.717) is 0 Å². The Morgan fingerprint density at radius 1 is 1.50 bits per heavy atom. The maximum Gasteiger partial charge on any atom is 0.338 e. The summed E-state index contributed by atoms with van der Waals surface area (Å²) in [5.41, 5.74) is -0.740. The molecule has 0 aliphatic carbocycles. The summed E-state index contributed by atoms with van der Waals surface area (Å²) in [7, 11) is 1.54. The highest BCUT2D eigenvalue weighted by molar-refractivity contribution is 6.03. The number of carboxylic acids is 1. The Labute approximate surface area is 105 Å². The van der Waals surface area contributed by atoms with Crippen molar-refractivity contribution in [2.45, 2.75) is 19.4 Å². The Kier molecular flexibility index (Phi) is 4.38. The molecule has 0 aliphatic heterocycles. The van der Waals surface area contributed by atoms with Crippen molar-refractivity contribution in [1.82, 2.24) is 10.3 Å². The second-order valence-electron chi connectivity index (χ2n) is 4.35. The molecule has 0 saturated heterocycles. The highest BCUT2D eigenvalue weighted by Crippen LogP contribution is 2.08. The second kappa shape index (κ2) is 5.59. The van der Waals surface area contributed by atoms with Crippen LogP contribution >= 0.6 is 0 Å². The molecule has 1 aromatic rings. The van der Waals surface area contributed by atoms with Crippen molar-refractivity contribution in [1.29, 1.82) is 0 Å². The average molecular weight is 252 g/mol. The number of amides is 1. The zero-order valence-corrected chi connectivity index (χ0v) is 10.6. The fourth-order valence-corrected chi connectivity index (χ4v) is 1.21. The Morgan fingerprint density at radius 3 is 2.72 bits per heavy atom. The van der Waals surface area contributed by atoms with E-state index in [2.05, 4.69) is 10.3 Å². The minimum absolute atomic E-state index is 0.100. The molecule has 0 spiro atoms. The maximum atomic E-state index is 11.8. The zero-order valence-electron chi connectivity index (χ0n) is 10.6. The van der Waals surface area contributed by atoms with Gasteiger partial charge in [-0.1, -0.05) is 0 Å². The molecule has 98 valence electrons. The fraction of sp³-hybridized carbons (Fsp3) is 0.417. The molecule has 2 N–H and O–H groups in total. The van der Waals surface area contributed by atoms with Crippen LogP contribution in [0.5, 0.6) is 0 Å². The van der Waals surface area contributed by atoms with E-state index in [1.54, 1.807) is 0 Å². The van der Waals surface area contributed by atoms with Crippen molar-refractivity contribution in [3.63, 3.8) is 0 Å². The monoisotopic (exact) mass is 252 g/mol. The number of nitrogens with one attached hydrogen (secondary N) is 1. The van der Waals surface area contributed by atoms with E-state index in [1.807, 2.05) is 13.8 Å². The summed E-state index contributed by atoms with van der Waals surface area (Å²) in [5, 5.41) is 11.5. The zero-order chi connectivity index (χ0) is 13.8. The number of ether oxygens (including phenoxy) is 1. The summed E-state index contributed by atoms with van der Waals surface area (Å²) in [6.07, 6.45) is 1.38. The number of methoxy groups -OCH3 is 1. The highest BCUT2D eigenvalue weighted by atomic mass is 16.5. The number of aromatic nitrogens is 1. The molecule has 1 heterocycles. The van der Waals surface area contributed by atoms with Crippen molar-refractivity contribution in [3.8, 4) is 0 Å². The van der Waals surface area contributed by atoms with Gasteiger partial charge in [-0.3, -0.25) is 9.78 Å². The SMILES string of the molecule is COC(C)(C)CNC(=O)c1ncccc1C(=O)O. The Hall–Kier alpha value is -1.95. The van der Waals surface area contributed by atoms with Crippen LogP contribution in [0.3, 0.4) is 0 Å². The molecule has 0 radical (unpaired) electrons. The predicted molar refractivity (Wildman–Crippen MR) is 64.6 cm³/mol. The number of nitrogens with zero attached hydrogens (tertiary/aromatic N) is 1. The third-order valence-corrected chi connectivity index (χ3v) is 2.48. The van der Waals surface area contributed by atoms with Gasteiger partial charge in [0.25, 0.3) is 5.91 Å². The number of carbonyl (C=O) groups is 2. The van der Waals surface area contributed by atoms with E-state index < -0.39 is 17.5 Å². The van der Waals surface area contributed by atoms with Crippen molar-refractivity contribution in [2.75, 3.05) is 13.7 Å². The van der Waals surface area contributed by atoms with E-state index in [1.165, 1.54) is 25.4 Å². The van der Waals surface area contributed by atoms with E-state index in [9.17, 15) is 9.59 Å². The number of carboxylic acid groups (broad SMARTS) is 1. The first-order valence-electron chi connectivity index (χ1n) is 5.39.